The molecular formula is C23H21F6NP. The lowest BCUT2D eigenvalue weighted by atomic mass is 9.98. The van der Waals surface area contributed by atoms with Crippen molar-refractivity contribution in [3.8, 4) is 0 Å². The Labute approximate surface area is 180 Å². The lowest BCUT2D eigenvalue weighted by molar-refractivity contribution is -0.138. The molecule has 0 bridgehead atoms. The Balaban J connectivity index is 2.04. The highest BCUT2D eigenvalue weighted by molar-refractivity contribution is 7.76. The molecule has 5 radical (unpaired) electrons. The van der Waals surface area contributed by atoms with Gasteiger partial charge in [0.1, 0.15) is 0 Å². The van der Waals surface area contributed by atoms with Crippen LogP contribution in [0.25, 0.3) is 0 Å². The van der Waals surface area contributed by atoms with Crippen molar-refractivity contribution in [3.05, 3.63) is 90.5 Å². The Morgan fingerprint density at radius 1 is 0.710 bits per heavy atom. The topological polar surface area (TPSA) is 3.24 Å². The molecule has 1 nitrogen and oxygen atoms in total. The molecule has 1 aliphatic rings. The first-order valence-electron chi connectivity index (χ1n) is 9.46. The van der Waals surface area contributed by atoms with E-state index in [1.807, 2.05) is 45.2 Å². The number of hydrogen-bond acceptors (Lipinski definition) is 1. The summed E-state index contributed by atoms with van der Waals surface area (Å²) in [7, 11) is 2.49. The van der Waals surface area contributed by atoms with Crippen molar-refractivity contribution in [2.75, 3.05) is 14.1 Å². The average molecular weight is 456 g/mol. The minimum Gasteiger partial charge on any atom is -0.306 e. The van der Waals surface area contributed by atoms with Gasteiger partial charge in [0.25, 0.3) is 0 Å². The van der Waals surface area contributed by atoms with Crippen molar-refractivity contribution in [1.82, 2.24) is 4.90 Å². The van der Waals surface area contributed by atoms with Gasteiger partial charge in [-0.3, -0.25) is 0 Å². The lowest BCUT2D eigenvalue weighted by Crippen LogP contribution is -2.34. The molecular weight excluding hydrogens is 435 g/mol. The van der Waals surface area contributed by atoms with Crippen LogP contribution in [0.2, 0.25) is 0 Å². The van der Waals surface area contributed by atoms with Crippen LogP contribution in [0, 0.1) is 30.8 Å². The van der Waals surface area contributed by atoms with E-state index in [0.717, 1.165) is 35.8 Å². The number of halogens is 6. The minimum absolute atomic E-state index is 0.0268. The van der Waals surface area contributed by atoms with Crippen molar-refractivity contribution in [2.45, 2.75) is 25.3 Å². The zero-order valence-electron chi connectivity index (χ0n) is 17.1. The first-order valence-corrected chi connectivity index (χ1v) is 10.8. The normalized spacial score (nSPS) is 17.6. The molecule has 0 unspecified atom stereocenters. The quantitative estimate of drug-likeness (QED) is 0.404. The Morgan fingerprint density at radius 3 is 1.48 bits per heavy atom. The van der Waals surface area contributed by atoms with E-state index in [4.69, 9.17) is 0 Å². The molecule has 31 heavy (non-hydrogen) atoms. The van der Waals surface area contributed by atoms with Crippen molar-refractivity contribution in [1.29, 1.82) is 0 Å². The van der Waals surface area contributed by atoms with Crippen LogP contribution in [-0.2, 0) is 12.4 Å². The maximum Gasteiger partial charge on any atom is 0.416 e. The van der Waals surface area contributed by atoms with E-state index >= 15 is 0 Å². The third kappa shape index (κ3) is 5.43. The molecule has 165 valence electrons. The van der Waals surface area contributed by atoms with E-state index in [0.29, 0.717) is 10.6 Å². The summed E-state index contributed by atoms with van der Waals surface area (Å²) in [6.07, 6.45) is -3.20. The zero-order chi connectivity index (χ0) is 23.0. The Morgan fingerprint density at radius 2 is 1.13 bits per heavy atom. The van der Waals surface area contributed by atoms with Gasteiger partial charge in [0, 0.05) is 17.6 Å². The van der Waals surface area contributed by atoms with Gasteiger partial charge in [-0.2, -0.15) is 26.3 Å². The Bertz CT molecular complexity index is 800. The summed E-state index contributed by atoms with van der Waals surface area (Å²) in [5, 5.41) is 1.28. The van der Waals surface area contributed by atoms with E-state index in [2.05, 4.69) is 0 Å². The van der Waals surface area contributed by atoms with E-state index in [9.17, 15) is 26.3 Å². The highest BCUT2D eigenvalue weighted by Gasteiger charge is 2.41. The Hall–Kier alpha value is -1.59. The van der Waals surface area contributed by atoms with Gasteiger partial charge < -0.3 is 4.90 Å². The molecule has 8 heteroatoms. The standard InChI is InChI=1S/C23H21F6NP/c1-15(30(2)3)20-5-4-6-21(20)31(18-11-7-16(8-12-18)22(24,25)26)19-13-9-17(10-14-19)23(27,28)29/h4-15H,1-3H3/t15-/m0/s1. The first-order chi connectivity index (χ1) is 14.4. The molecule has 0 saturated heterocycles. The van der Waals surface area contributed by atoms with E-state index in [1.54, 1.807) is 0 Å². The molecule has 2 aromatic carbocycles. The van der Waals surface area contributed by atoms with Gasteiger partial charge >= 0.3 is 12.4 Å². The summed E-state index contributed by atoms with van der Waals surface area (Å²) < 4.78 is 78.2. The summed E-state index contributed by atoms with van der Waals surface area (Å²) in [6, 6.07) is 9.79. The molecule has 1 saturated carbocycles. The second-order valence-electron chi connectivity index (χ2n) is 7.43. The first kappa shape index (κ1) is 24.1. The van der Waals surface area contributed by atoms with Crippen LogP contribution >= 0.6 is 7.92 Å². The second kappa shape index (κ2) is 9.11. The number of nitrogens with zero attached hydrogens (tertiary/aromatic N) is 1. The highest BCUT2D eigenvalue weighted by atomic mass is 31.1. The smallest absolute Gasteiger partial charge is 0.306 e. The molecule has 3 rings (SSSR count). The maximum absolute atomic E-state index is 13.0. The fourth-order valence-corrected chi connectivity index (χ4v) is 5.79. The van der Waals surface area contributed by atoms with E-state index in [-0.39, 0.29) is 6.04 Å². The molecule has 1 fully saturated rings. The van der Waals surface area contributed by atoms with Gasteiger partial charge in [0.05, 0.1) is 11.1 Å². The van der Waals surface area contributed by atoms with Crippen LogP contribution in [0.4, 0.5) is 26.3 Å². The van der Waals surface area contributed by atoms with Crippen LogP contribution in [-0.4, -0.2) is 25.0 Å². The van der Waals surface area contributed by atoms with Crippen molar-refractivity contribution >= 4 is 18.5 Å². The van der Waals surface area contributed by atoms with Gasteiger partial charge in [-0.05, 0) is 83.1 Å². The molecule has 0 spiro atoms. The van der Waals surface area contributed by atoms with Crippen molar-refractivity contribution < 1.29 is 26.3 Å². The summed E-state index contributed by atoms with van der Waals surface area (Å²) >= 11 is 0. The van der Waals surface area contributed by atoms with Crippen LogP contribution in [0.15, 0.2) is 48.5 Å². The average Bonchev–Trinajstić information content (AvgIpc) is 3.16. The van der Waals surface area contributed by atoms with Crippen LogP contribution in [0.5, 0.6) is 0 Å². The third-order valence-electron chi connectivity index (χ3n) is 5.20. The molecule has 2 aromatic rings. The van der Waals surface area contributed by atoms with Gasteiger partial charge in [-0.1, -0.05) is 24.3 Å². The number of benzene rings is 2. The SMILES string of the molecule is C[C@@H]([C]1[CH][CH][CH][C]1P(c1ccc(C(F)(F)F)cc1)c1ccc(C(F)(F)F)cc1)N(C)C. The van der Waals surface area contributed by atoms with Crippen LogP contribution in [0.3, 0.4) is 0 Å². The van der Waals surface area contributed by atoms with Crippen LogP contribution < -0.4 is 10.6 Å². The second-order valence-corrected chi connectivity index (χ2v) is 9.62. The summed E-state index contributed by atoms with van der Waals surface area (Å²) in [5.41, 5.74) is -0.610. The number of alkyl halides is 6. The van der Waals surface area contributed by atoms with Gasteiger partial charge in [0.2, 0.25) is 0 Å². The molecule has 0 amide bonds. The van der Waals surface area contributed by atoms with Crippen molar-refractivity contribution in [2.24, 2.45) is 0 Å². The third-order valence-corrected chi connectivity index (χ3v) is 7.72. The Kier molecular flexibility index (Phi) is 7.07. The molecule has 0 heterocycles. The van der Waals surface area contributed by atoms with Gasteiger partial charge in [0.15, 0.2) is 0 Å². The lowest BCUT2D eigenvalue weighted by Gasteiger charge is -2.35. The molecule has 0 N–H and O–H groups in total. The molecule has 1 atom stereocenters. The molecule has 0 aromatic heterocycles. The molecule has 0 aliphatic heterocycles. The summed E-state index contributed by atoms with van der Waals surface area (Å²) in [6.45, 7) is 2.01. The van der Waals surface area contributed by atoms with Crippen molar-refractivity contribution in [3.63, 3.8) is 0 Å². The highest BCUT2D eigenvalue weighted by Crippen LogP contribution is 2.57. The maximum atomic E-state index is 13.0. The summed E-state index contributed by atoms with van der Waals surface area (Å²) in [4.78, 5) is 2.01. The monoisotopic (exact) mass is 456 g/mol. The minimum atomic E-state index is -4.46. The summed E-state index contributed by atoms with van der Waals surface area (Å²) in [5.74, 6) is 0.996. The van der Waals surface area contributed by atoms with E-state index in [1.165, 1.54) is 24.3 Å². The molecule has 1 aliphatic carbocycles. The van der Waals surface area contributed by atoms with Crippen LogP contribution in [0.1, 0.15) is 18.1 Å². The van der Waals surface area contributed by atoms with Gasteiger partial charge in [-0.25, -0.2) is 0 Å². The fourth-order valence-electron chi connectivity index (χ4n) is 3.29. The van der Waals surface area contributed by atoms with Gasteiger partial charge in [-0.15, -0.1) is 0 Å². The number of hydrogen-bond donors (Lipinski definition) is 0. The predicted octanol–water partition coefficient (Wildman–Crippen LogP) is 5.84. The largest absolute Gasteiger partial charge is 0.416 e. The zero-order valence-corrected chi connectivity index (χ0v) is 18.0. The van der Waals surface area contributed by atoms with E-state index < -0.39 is 31.4 Å². The number of rotatable bonds is 5. The fraction of sp³-hybridized carbons (Fsp3) is 0.261. The predicted molar refractivity (Wildman–Crippen MR) is 112 cm³/mol.